The van der Waals surface area contributed by atoms with Gasteiger partial charge in [0.1, 0.15) is 0 Å². The Labute approximate surface area is 102 Å². The van der Waals surface area contributed by atoms with Gasteiger partial charge in [-0.1, -0.05) is 49.6 Å². The summed E-state index contributed by atoms with van der Waals surface area (Å²) in [5.41, 5.74) is 8.36. The summed E-state index contributed by atoms with van der Waals surface area (Å²) < 4.78 is 2.09. The van der Waals surface area contributed by atoms with Gasteiger partial charge in [0, 0.05) is 15.0 Å². The van der Waals surface area contributed by atoms with Gasteiger partial charge in [0.15, 0.2) is 0 Å². The Bertz CT molecular complexity index is 354. The van der Waals surface area contributed by atoms with Crippen LogP contribution in [0.3, 0.4) is 0 Å². The first-order valence-electron chi connectivity index (χ1n) is 4.36. The Kier molecular flexibility index (Phi) is 4.35. The predicted octanol–water partition coefficient (Wildman–Crippen LogP) is 4.18. The maximum absolute atomic E-state index is 6.03. The van der Waals surface area contributed by atoms with Crippen LogP contribution in [-0.2, 0) is 0 Å². The van der Waals surface area contributed by atoms with Crippen molar-refractivity contribution in [2.75, 3.05) is 0 Å². The molecule has 0 spiro atoms. The molecule has 0 radical (unpaired) electrons. The monoisotopic (exact) mass is 317 g/mol. The van der Waals surface area contributed by atoms with Crippen molar-refractivity contribution in [3.8, 4) is 0 Å². The molecule has 1 atom stereocenters. The molecule has 0 aliphatic rings. The lowest BCUT2D eigenvalue weighted by Gasteiger charge is -2.10. The van der Waals surface area contributed by atoms with E-state index >= 15 is 0 Å². The number of hydrogen-bond donors (Lipinski definition) is 1. The summed E-state index contributed by atoms with van der Waals surface area (Å²) in [6, 6.07) is 5.99. The van der Waals surface area contributed by atoms with Crippen LogP contribution in [0.1, 0.15) is 25.5 Å². The van der Waals surface area contributed by atoms with Crippen LogP contribution in [0.15, 0.2) is 38.8 Å². The number of hydrogen-bond acceptors (Lipinski definition) is 1. The summed E-state index contributed by atoms with van der Waals surface area (Å²) in [6.07, 6.45) is 2.05. The zero-order valence-electron chi connectivity index (χ0n) is 8.22. The van der Waals surface area contributed by atoms with Crippen LogP contribution in [0, 0.1) is 0 Å². The molecule has 0 bridgehead atoms. The first kappa shape index (κ1) is 12.0. The molecule has 0 aliphatic heterocycles. The Morgan fingerprint density at radius 1 is 1.36 bits per heavy atom. The number of allylic oxidation sites excluding steroid dienone is 1. The minimum atomic E-state index is -0.0394. The molecule has 0 heterocycles. The van der Waals surface area contributed by atoms with E-state index in [-0.39, 0.29) is 6.04 Å². The average molecular weight is 319 g/mol. The summed E-state index contributed by atoms with van der Waals surface area (Å²) >= 11 is 6.91. The molecule has 14 heavy (non-hydrogen) atoms. The Balaban J connectivity index is 3.02. The summed E-state index contributed by atoms with van der Waals surface area (Å²) in [6.45, 7) is 4.10. The highest BCUT2D eigenvalue weighted by molar-refractivity contribution is 9.11. The van der Waals surface area contributed by atoms with Gasteiger partial charge >= 0.3 is 0 Å². The molecule has 1 rings (SSSR count). The molecule has 76 valence electrons. The van der Waals surface area contributed by atoms with Crippen LogP contribution in [-0.4, -0.2) is 0 Å². The maximum Gasteiger partial charge on any atom is 0.0494 e. The van der Waals surface area contributed by atoms with Gasteiger partial charge in [0.2, 0.25) is 0 Å². The summed E-state index contributed by atoms with van der Waals surface area (Å²) in [4.78, 5) is 0. The second kappa shape index (κ2) is 5.10. The fourth-order valence-electron chi connectivity index (χ4n) is 1.22. The number of rotatable bonds is 2. The molecular weight excluding hydrogens is 306 g/mol. The van der Waals surface area contributed by atoms with E-state index in [1.165, 1.54) is 5.57 Å². The van der Waals surface area contributed by atoms with Crippen molar-refractivity contribution in [2.24, 2.45) is 5.73 Å². The Hall–Kier alpha value is -0.120. The summed E-state index contributed by atoms with van der Waals surface area (Å²) in [5, 5.41) is 0. The number of halogens is 2. The van der Waals surface area contributed by atoms with Gasteiger partial charge in [0.25, 0.3) is 0 Å². The fraction of sp³-hybridized carbons (Fsp3) is 0.273. The molecule has 0 aromatic heterocycles. The molecule has 0 saturated carbocycles. The molecular formula is C11H13Br2N. The smallest absolute Gasteiger partial charge is 0.0494 e. The third kappa shape index (κ3) is 3.23. The van der Waals surface area contributed by atoms with E-state index in [2.05, 4.69) is 31.9 Å². The number of benzene rings is 1. The van der Waals surface area contributed by atoms with Crippen molar-refractivity contribution in [2.45, 2.75) is 19.9 Å². The molecule has 0 fully saturated rings. The summed E-state index contributed by atoms with van der Waals surface area (Å²) in [5.74, 6) is 0. The van der Waals surface area contributed by atoms with Crippen molar-refractivity contribution < 1.29 is 0 Å². The molecule has 3 heteroatoms. The van der Waals surface area contributed by atoms with Crippen LogP contribution in [0.2, 0.25) is 0 Å². The second-order valence-electron chi connectivity index (χ2n) is 3.44. The topological polar surface area (TPSA) is 26.0 Å². The first-order valence-corrected chi connectivity index (χ1v) is 5.95. The molecule has 1 nitrogen and oxygen atoms in total. The zero-order chi connectivity index (χ0) is 10.7. The van der Waals surface area contributed by atoms with Gasteiger partial charge in [-0.2, -0.15) is 0 Å². The standard InChI is InChI=1S/C11H13Br2N/c1-7(2)5-11(14)9-4-3-8(12)6-10(9)13/h3-6,11H,14H2,1-2H3. The average Bonchev–Trinajstić information content (AvgIpc) is 2.01. The van der Waals surface area contributed by atoms with Gasteiger partial charge in [-0.25, -0.2) is 0 Å². The van der Waals surface area contributed by atoms with Crippen LogP contribution >= 0.6 is 31.9 Å². The second-order valence-corrected chi connectivity index (χ2v) is 5.21. The normalized spacial score (nSPS) is 12.4. The highest BCUT2D eigenvalue weighted by Gasteiger charge is 2.06. The van der Waals surface area contributed by atoms with Crippen molar-refractivity contribution in [3.63, 3.8) is 0 Å². The lowest BCUT2D eigenvalue weighted by Crippen LogP contribution is -2.08. The van der Waals surface area contributed by atoms with Crippen LogP contribution < -0.4 is 5.73 Å². The van der Waals surface area contributed by atoms with Gasteiger partial charge < -0.3 is 5.73 Å². The van der Waals surface area contributed by atoms with Crippen molar-refractivity contribution >= 4 is 31.9 Å². The predicted molar refractivity (Wildman–Crippen MR) is 68.2 cm³/mol. The fourth-order valence-corrected chi connectivity index (χ4v) is 2.53. The van der Waals surface area contributed by atoms with Gasteiger partial charge in [-0.15, -0.1) is 0 Å². The molecule has 1 aromatic rings. The minimum absolute atomic E-state index is 0.0394. The van der Waals surface area contributed by atoms with E-state index in [9.17, 15) is 0 Å². The van der Waals surface area contributed by atoms with Gasteiger partial charge in [0.05, 0.1) is 0 Å². The van der Waals surface area contributed by atoms with E-state index in [1.54, 1.807) is 0 Å². The molecule has 2 N–H and O–H groups in total. The van der Waals surface area contributed by atoms with E-state index in [4.69, 9.17) is 5.73 Å². The lowest BCUT2D eigenvalue weighted by atomic mass is 10.1. The van der Waals surface area contributed by atoms with Crippen molar-refractivity contribution in [3.05, 3.63) is 44.4 Å². The largest absolute Gasteiger partial charge is 0.321 e. The summed E-state index contributed by atoms with van der Waals surface area (Å²) in [7, 11) is 0. The molecule has 1 aromatic carbocycles. The van der Waals surface area contributed by atoms with Crippen molar-refractivity contribution in [1.29, 1.82) is 0 Å². The Morgan fingerprint density at radius 2 is 2.00 bits per heavy atom. The molecule has 1 unspecified atom stereocenters. The lowest BCUT2D eigenvalue weighted by molar-refractivity contribution is 0.893. The SMILES string of the molecule is CC(C)=CC(N)c1ccc(Br)cc1Br. The third-order valence-corrected chi connectivity index (χ3v) is 3.01. The highest BCUT2D eigenvalue weighted by Crippen LogP contribution is 2.26. The zero-order valence-corrected chi connectivity index (χ0v) is 11.4. The van der Waals surface area contributed by atoms with Crippen LogP contribution in [0.25, 0.3) is 0 Å². The van der Waals surface area contributed by atoms with E-state index in [0.29, 0.717) is 0 Å². The molecule has 0 saturated heterocycles. The molecule has 0 aliphatic carbocycles. The van der Waals surface area contributed by atoms with Gasteiger partial charge in [-0.3, -0.25) is 0 Å². The van der Waals surface area contributed by atoms with Gasteiger partial charge in [-0.05, 0) is 31.5 Å². The van der Waals surface area contributed by atoms with Crippen LogP contribution in [0.5, 0.6) is 0 Å². The maximum atomic E-state index is 6.03. The third-order valence-electron chi connectivity index (χ3n) is 1.83. The van der Waals surface area contributed by atoms with E-state index in [1.807, 2.05) is 38.1 Å². The van der Waals surface area contributed by atoms with E-state index in [0.717, 1.165) is 14.5 Å². The van der Waals surface area contributed by atoms with Crippen LogP contribution in [0.4, 0.5) is 0 Å². The first-order chi connectivity index (χ1) is 6.50. The van der Waals surface area contributed by atoms with Crippen molar-refractivity contribution in [1.82, 2.24) is 0 Å². The highest BCUT2D eigenvalue weighted by atomic mass is 79.9. The Morgan fingerprint density at radius 3 is 2.50 bits per heavy atom. The van der Waals surface area contributed by atoms with E-state index < -0.39 is 0 Å². The quantitative estimate of drug-likeness (QED) is 0.813. The minimum Gasteiger partial charge on any atom is -0.321 e. The molecule has 0 amide bonds. The number of nitrogens with two attached hydrogens (primary N) is 1.